The monoisotopic (exact) mass is 463 g/mol. The molecule has 3 aromatic rings. The molecule has 1 heterocycles. The topological polar surface area (TPSA) is 200 Å². The van der Waals surface area contributed by atoms with Crippen LogP contribution in [0.25, 0.3) is 11.3 Å². The third kappa shape index (κ3) is 5.35. The van der Waals surface area contributed by atoms with Gasteiger partial charge in [-0.1, -0.05) is 41.6 Å². The van der Waals surface area contributed by atoms with Gasteiger partial charge in [-0.15, -0.1) is 5.11 Å². The van der Waals surface area contributed by atoms with Crippen LogP contribution in [0.2, 0.25) is 0 Å². The van der Waals surface area contributed by atoms with Crippen molar-refractivity contribution in [2.45, 2.75) is 19.5 Å². The van der Waals surface area contributed by atoms with Gasteiger partial charge < -0.3 is 27.4 Å². The Bertz CT molecular complexity index is 1230. The highest BCUT2D eigenvalue weighted by Gasteiger charge is 2.21. The van der Waals surface area contributed by atoms with Crippen molar-refractivity contribution in [1.29, 1.82) is 5.41 Å². The molecule has 0 aliphatic rings. The number of hydrogen-bond acceptors (Lipinski definition) is 7. The molecule has 12 heteroatoms. The van der Waals surface area contributed by atoms with Crippen LogP contribution in [-0.4, -0.2) is 34.5 Å². The number of carbonyl (C=O) groups excluding carboxylic acids is 2. The van der Waals surface area contributed by atoms with Crippen molar-refractivity contribution in [3.8, 4) is 17.0 Å². The van der Waals surface area contributed by atoms with Gasteiger partial charge in [0.2, 0.25) is 0 Å². The second-order valence-electron chi connectivity index (χ2n) is 7.19. The van der Waals surface area contributed by atoms with Crippen molar-refractivity contribution in [1.82, 2.24) is 15.1 Å². The van der Waals surface area contributed by atoms with Crippen LogP contribution >= 0.6 is 0 Å². The van der Waals surface area contributed by atoms with E-state index in [1.54, 1.807) is 48.5 Å². The Morgan fingerprint density at radius 1 is 1.18 bits per heavy atom. The van der Waals surface area contributed by atoms with E-state index in [0.29, 0.717) is 22.6 Å². The predicted octanol–water partition coefficient (Wildman–Crippen LogP) is 1.86. The first kappa shape index (κ1) is 23.9. The minimum absolute atomic E-state index is 0.0564. The molecule has 0 saturated carbocycles. The minimum atomic E-state index is -0.719. The van der Waals surface area contributed by atoms with Crippen molar-refractivity contribution in [2.24, 2.45) is 21.9 Å². The smallest absolute Gasteiger partial charge is 0.255 e. The Balaban J connectivity index is 1.75. The van der Waals surface area contributed by atoms with E-state index in [2.05, 4.69) is 20.8 Å². The lowest BCUT2D eigenvalue weighted by atomic mass is 10.0. The van der Waals surface area contributed by atoms with Gasteiger partial charge in [0, 0.05) is 18.5 Å². The van der Waals surface area contributed by atoms with E-state index in [1.807, 2.05) is 0 Å². The number of para-hydroxylation sites is 1. The van der Waals surface area contributed by atoms with E-state index >= 15 is 0 Å². The number of nitrogens with one attached hydrogen (secondary N) is 2. The number of aryl methyl sites for hydroxylation is 1. The number of nitrogens with zero attached hydrogens (tertiary/aromatic N) is 4. The number of aromatic nitrogens is 2. The molecule has 1 aromatic heterocycles. The van der Waals surface area contributed by atoms with Crippen molar-refractivity contribution in [3.05, 3.63) is 65.2 Å². The van der Waals surface area contributed by atoms with Crippen molar-refractivity contribution in [3.63, 3.8) is 0 Å². The normalized spacial score (nSPS) is 10.9. The summed E-state index contributed by atoms with van der Waals surface area (Å²) in [7, 11) is 1.51. The molecule has 2 aromatic carbocycles. The lowest BCUT2D eigenvalue weighted by molar-refractivity contribution is 0.0946. The third-order valence-corrected chi connectivity index (χ3v) is 5.01. The number of benzene rings is 2. The number of amides is 2. The number of methoxy groups -OCH3 is 1. The van der Waals surface area contributed by atoms with Crippen LogP contribution in [-0.2, 0) is 13.1 Å². The zero-order valence-corrected chi connectivity index (χ0v) is 18.5. The highest BCUT2D eigenvalue weighted by Crippen LogP contribution is 2.27. The van der Waals surface area contributed by atoms with Gasteiger partial charge in [-0.3, -0.25) is 15.0 Å². The Kier molecular flexibility index (Phi) is 7.54. The number of nitrogen functional groups attached to an aromatic ring is 1. The van der Waals surface area contributed by atoms with E-state index < -0.39 is 5.91 Å². The fourth-order valence-corrected chi connectivity index (χ4v) is 3.31. The summed E-state index contributed by atoms with van der Waals surface area (Å²) in [5.74, 6) is 4.49. The SMILES string of the molecule is COc1ccccc1C(=O)NCc1ccc(-c2nn(CCC(=N)N=NN)c(N)c2C(N)=O)cc1. The molecule has 0 saturated heterocycles. The Morgan fingerprint density at radius 2 is 1.88 bits per heavy atom. The second-order valence-corrected chi connectivity index (χ2v) is 7.19. The summed E-state index contributed by atoms with van der Waals surface area (Å²) in [6, 6.07) is 14.1. The molecule has 0 fully saturated rings. The third-order valence-electron chi connectivity index (χ3n) is 5.01. The second kappa shape index (κ2) is 10.7. The number of primary amides is 1. The van der Waals surface area contributed by atoms with Crippen LogP contribution in [0.1, 0.15) is 32.7 Å². The molecule has 0 aliphatic carbocycles. The van der Waals surface area contributed by atoms with Gasteiger partial charge in [0.1, 0.15) is 28.7 Å². The molecule has 0 atom stereocenters. The van der Waals surface area contributed by atoms with Gasteiger partial charge in [0.05, 0.1) is 19.2 Å². The molecule has 0 aliphatic heterocycles. The molecule has 0 spiro atoms. The highest BCUT2D eigenvalue weighted by atomic mass is 16.5. The molecule has 0 unspecified atom stereocenters. The van der Waals surface area contributed by atoms with E-state index in [-0.39, 0.29) is 42.6 Å². The van der Waals surface area contributed by atoms with Gasteiger partial charge in [-0.2, -0.15) is 5.10 Å². The number of hydrogen-bond donors (Lipinski definition) is 5. The average molecular weight is 464 g/mol. The zero-order valence-electron chi connectivity index (χ0n) is 18.5. The number of nitrogens with two attached hydrogens (primary N) is 3. The molecule has 8 N–H and O–H groups in total. The first-order chi connectivity index (χ1) is 16.3. The van der Waals surface area contributed by atoms with Gasteiger partial charge in [0.15, 0.2) is 0 Å². The molecule has 176 valence electrons. The lowest BCUT2D eigenvalue weighted by Crippen LogP contribution is -2.23. The van der Waals surface area contributed by atoms with E-state index in [0.717, 1.165) is 5.56 Å². The number of carbonyl (C=O) groups is 2. The number of rotatable bonds is 9. The maximum Gasteiger partial charge on any atom is 0.255 e. The summed E-state index contributed by atoms with van der Waals surface area (Å²) in [6.45, 7) is 0.477. The maximum absolute atomic E-state index is 12.5. The molecule has 3 rings (SSSR count). The average Bonchev–Trinajstić information content (AvgIpc) is 3.18. The molecule has 2 amide bonds. The summed E-state index contributed by atoms with van der Waals surface area (Å²) in [6.07, 6.45) is 0.162. The predicted molar refractivity (Wildman–Crippen MR) is 126 cm³/mol. The van der Waals surface area contributed by atoms with Gasteiger partial charge in [-0.25, -0.2) is 4.68 Å². The first-order valence-corrected chi connectivity index (χ1v) is 10.2. The van der Waals surface area contributed by atoms with Crippen LogP contribution in [0.15, 0.2) is 58.9 Å². The van der Waals surface area contributed by atoms with E-state index in [4.69, 9.17) is 27.5 Å². The summed E-state index contributed by atoms with van der Waals surface area (Å²) in [5.41, 5.74) is 13.9. The lowest BCUT2D eigenvalue weighted by Gasteiger charge is -2.09. The summed E-state index contributed by atoms with van der Waals surface area (Å²) < 4.78 is 6.61. The van der Waals surface area contributed by atoms with E-state index in [9.17, 15) is 9.59 Å². The molecular weight excluding hydrogens is 438 g/mol. The Hall–Kier alpha value is -4.74. The summed E-state index contributed by atoms with van der Waals surface area (Å²) in [4.78, 5) is 24.5. The Morgan fingerprint density at radius 3 is 2.53 bits per heavy atom. The zero-order chi connectivity index (χ0) is 24.7. The van der Waals surface area contributed by atoms with Crippen LogP contribution in [0, 0.1) is 5.41 Å². The summed E-state index contributed by atoms with van der Waals surface area (Å²) >= 11 is 0. The number of anilines is 1. The van der Waals surface area contributed by atoms with Crippen molar-refractivity contribution >= 4 is 23.5 Å². The Labute approximate surface area is 195 Å². The van der Waals surface area contributed by atoms with E-state index in [1.165, 1.54) is 11.8 Å². The summed E-state index contributed by atoms with van der Waals surface area (Å²) in [5, 5.41) is 21.4. The van der Waals surface area contributed by atoms with Gasteiger partial charge >= 0.3 is 0 Å². The molecule has 0 bridgehead atoms. The van der Waals surface area contributed by atoms with Crippen LogP contribution < -0.4 is 27.4 Å². The standard InChI is InChI=1S/C22H25N9O3/c1-34-16-5-3-2-4-15(16)22(33)27-12-13-6-8-14(9-7-13)19-18(21(25)32)20(24)31(29-19)11-10-17(23)28-30-26/h2-9H,10-12,24H2,1H3,(H2,25,32)(H,27,33)(H3,23,26,28). The molecule has 0 radical (unpaired) electrons. The van der Waals surface area contributed by atoms with Crippen LogP contribution in [0.3, 0.4) is 0 Å². The molecular formula is C22H25N9O3. The van der Waals surface area contributed by atoms with Crippen molar-refractivity contribution in [2.75, 3.05) is 12.8 Å². The first-order valence-electron chi connectivity index (χ1n) is 10.2. The molecule has 34 heavy (non-hydrogen) atoms. The number of ether oxygens (including phenoxy) is 1. The number of amidine groups is 1. The largest absolute Gasteiger partial charge is 0.496 e. The minimum Gasteiger partial charge on any atom is -0.496 e. The fourth-order valence-electron chi connectivity index (χ4n) is 3.31. The molecule has 12 nitrogen and oxygen atoms in total. The van der Waals surface area contributed by atoms with Gasteiger partial charge in [0.25, 0.3) is 11.8 Å². The van der Waals surface area contributed by atoms with Crippen LogP contribution in [0.5, 0.6) is 5.75 Å². The quantitative estimate of drug-likeness (QED) is 0.105. The van der Waals surface area contributed by atoms with Crippen LogP contribution in [0.4, 0.5) is 5.82 Å². The van der Waals surface area contributed by atoms with Gasteiger partial charge in [-0.05, 0) is 17.7 Å². The highest BCUT2D eigenvalue weighted by molar-refractivity contribution is 6.03. The maximum atomic E-state index is 12.5. The van der Waals surface area contributed by atoms with Crippen molar-refractivity contribution < 1.29 is 14.3 Å². The fraction of sp³-hybridized carbons (Fsp3) is 0.182.